The molecule has 6 nitrogen and oxygen atoms in total. The molecule has 0 radical (unpaired) electrons. The van der Waals surface area contributed by atoms with Gasteiger partial charge in [-0.2, -0.15) is 5.10 Å². The quantitative estimate of drug-likeness (QED) is 0.294. The number of benzene rings is 2. The first kappa shape index (κ1) is 21.0. The average Bonchev–Trinajstić information content (AvgIpc) is 2.75. The number of nitrogens with one attached hydrogen (secondary N) is 1. The topological polar surface area (TPSA) is 77.0 Å². The summed E-state index contributed by atoms with van der Waals surface area (Å²) in [5.41, 5.74) is 3.76. The maximum atomic E-state index is 12.3. The van der Waals surface area contributed by atoms with Crippen molar-refractivity contribution in [3.63, 3.8) is 0 Å². The van der Waals surface area contributed by atoms with E-state index in [1.54, 1.807) is 42.6 Å². The Morgan fingerprint density at radius 1 is 1.10 bits per heavy atom. The average molecular weight is 459 g/mol. The summed E-state index contributed by atoms with van der Waals surface area (Å²) < 4.78 is 11.6. The summed E-state index contributed by atoms with van der Waals surface area (Å²) >= 11 is 3.34. The molecule has 7 heteroatoms. The van der Waals surface area contributed by atoms with E-state index in [9.17, 15) is 9.59 Å². The Kier molecular flexibility index (Phi) is 7.41. The fourth-order valence-electron chi connectivity index (χ4n) is 3.25. The van der Waals surface area contributed by atoms with Gasteiger partial charge < -0.3 is 9.47 Å². The minimum Gasteiger partial charge on any atom is -0.493 e. The molecule has 2 aromatic carbocycles. The predicted octanol–water partition coefficient (Wildman–Crippen LogP) is 4.71. The fraction of sp³-hybridized carbons (Fsp3) is 0.318. The summed E-state index contributed by atoms with van der Waals surface area (Å²) in [5.74, 6) is 0.241. The van der Waals surface area contributed by atoms with E-state index >= 15 is 0 Å². The van der Waals surface area contributed by atoms with Crippen LogP contribution in [-0.2, 0) is 4.79 Å². The Labute approximate surface area is 178 Å². The lowest BCUT2D eigenvalue weighted by atomic mass is 9.89. The summed E-state index contributed by atoms with van der Waals surface area (Å²) in [6.07, 6.45) is 6.78. The van der Waals surface area contributed by atoms with E-state index in [2.05, 4.69) is 26.5 Å². The van der Waals surface area contributed by atoms with E-state index in [0.717, 1.165) is 30.2 Å². The fourth-order valence-corrected chi connectivity index (χ4v) is 3.65. The molecule has 0 spiro atoms. The van der Waals surface area contributed by atoms with Crippen molar-refractivity contribution in [2.75, 3.05) is 7.11 Å². The second kappa shape index (κ2) is 10.2. The number of rotatable bonds is 6. The third-order valence-corrected chi connectivity index (χ3v) is 5.31. The number of hydrogen-bond acceptors (Lipinski definition) is 5. The van der Waals surface area contributed by atoms with E-state index in [0.29, 0.717) is 22.6 Å². The molecule has 1 fully saturated rings. The van der Waals surface area contributed by atoms with E-state index in [1.807, 2.05) is 6.07 Å². The van der Waals surface area contributed by atoms with Gasteiger partial charge in [-0.3, -0.25) is 4.79 Å². The van der Waals surface area contributed by atoms with Crippen molar-refractivity contribution in [1.82, 2.24) is 5.43 Å². The van der Waals surface area contributed by atoms with Gasteiger partial charge in [0.2, 0.25) is 5.91 Å². The third-order valence-electron chi connectivity index (χ3n) is 4.81. The Balaban J connectivity index is 1.63. The molecule has 1 N–H and O–H groups in total. The number of nitrogens with zero attached hydrogens (tertiary/aromatic N) is 1. The zero-order chi connectivity index (χ0) is 20.6. The summed E-state index contributed by atoms with van der Waals surface area (Å²) in [4.78, 5) is 24.5. The van der Waals surface area contributed by atoms with Crippen LogP contribution >= 0.6 is 15.9 Å². The van der Waals surface area contributed by atoms with E-state index in [1.165, 1.54) is 13.5 Å². The highest BCUT2D eigenvalue weighted by molar-refractivity contribution is 9.10. The molecule has 1 amide bonds. The van der Waals surface area contributed by atoms with Crippen molar-refractivity contribution in [2.24, 2.45) is 11.0 Å². The van der Waals surface area contributed by atoms with Gasteiger partial charge in [-0.05, 0) is 54.8 Å². The molecular formula is C22H23BrN2O4. The van der Waals surface area contributed by atoms with Crippen LogP contribution in [0.2, 0.25) is 0 Å². The monoisotopic (exact) mass is 458 g/mol. The normalized spacial score (nSPS) is 14.6. The van der Waals surface area contributed by atoms with Crippen molar-refractivity contribution in [1.29, 1.82) is 0 Å². The summed E-state index contributed by atoms with van der Waals surface area (Å²) in [6.45, 7) is 0. The van der Waals surface area contributed by atoms with Crippen molar-refractivity contribution in [2.45, 2.75) is 32.1 Å². The lowest BCUT2D eigenvalue weighted by Gasteiger charge is -2.19. The molecular weight excluding hydrogens is 436 g/mol. The molecule has 0 bridgehead atoms. The summed E-state index contributed by atoms with van der Waals surface area (Å²) in [6, 6.07) is 12.0. The molecule has 3 rings (SSSR count). The first-order valence-corrected chi connectivity index (χ1v) is 10.3. The molecule has 2 aromatic rings. The number of methoxy groups -OCH3 is 1. The van der Waals surface area contributed by atoms with Crippen LogP contribution in [0, 0.1) is 5.92 Å². The lowest BCUT2D eigenvalue weighted by molar-refractivity contribution is -0.125. The van der Waals surface area contributed by atoms with Crippen LogP contribution in [0.4, 0.5) is 0 Å². The van der Waals surface area contributed by atoms with E-state index < -0.39 is 5.97 Å². The van der Waals surface area contributed by atoms with E-state index in [4.69, 9.17) is 9.47 Å². The highest BCUT2D eigenvalue weighted by Gasteiger charge is 2.20. The number of hydrogen-bond donors (Lipinski definition) is 1. The molecule has 0 atom stereocenters. The molecule has 29 heavy (non-hydrogen) atoms. The summed E-state index contributed by atoms with van der Waals surface area (Å²) in [7, 11) is 1.50. The number of esters is 1. The standard InChI is InChI=1S/C22H23BrN2O4/c1-28-20-12-15(14-24-25-21(26)16-6-3-2-4-7-16)10-11-19(20)29-22(27)17-8-5-9-18(23)13-17/h5,8-14,16H,2-4,6-7H2,1H3,(H,25,26)/b24-14-. The summed E-state index contributed by atoms with van der Waals surface area (Å²) in [5, 5.41) is 4.05. The Morgan fingerprint density at radius 3 is 2.62 bits per heavy atom. The Bertz CT molecular complexity index is 907. The van der Waals surface area contributed by atoms with Crippen LogP contribution in [0.3, 0.4) is 0 Å². The van der Waals surface area contributed by atoms with Gasteiger partial charge >= 0.3 is 5.97 Å². The maximum Gasteiger partial charge on any atom is 0.343 e. The minimum atomic E-state index is -0.481. The van der Waals surface area contributed by atoms with Crippen molar-refractivity contribution < 1.29 is 19.1 Å². The second-order valence-corrected chi connectivity index (χ2v) is 7.80. The van der Waals surface area contributed by atoms with Gasteiger partial charge in [-0.15, -0.1) is 0 Å². The molecule has 0 heterocycles. The smallest absolute Gasteiger partial charge is 0.343 e. The van der Waals surface area contributed by atoms with Gasteiger partial charge in [0.15, 0.2) is 11.5 Å². The van der Waals surface area contributed by atoms with Gasteiger partial charge in [-0.1, -0.05) is 41.3 Å². The molecule has 1 aliphatic rings. The van der Waals surface area contributed by atoms with Crippen LogP contribution in [0.1, 0.15) is 48.0 Å². The second-order valence-electron chi connectivity index (χ2n) is 6.88. The van der Waals surface area contributed by atoms with Crippen molar-refractivity contribution in [3.8, 4) is 11.5 Å². The van der Waals surface area contributed by atoms with Gasteiger partial charge in [0.25, 0.3) is 0 Å². The number of halogens is 1. The van der Waals surface area contributed by atoms with Gasteiger partial charge in [0.05, 0.1) is 18.9 Å². The zero-order valence-corrected chi connectivity index (χ0v) is 17.8. The molecule has 0 unspecified atom stereocenters. The SMILES string of the molecule is COc1cc(/C=N\NC(=O)C2CCCCC2)ccc1OC(=O)c1cccc(Br)c1. The third kappa shape index (κ3) is 5.90. The van der Waals surface area contributed by atoms with Crippen LogP contribution < -0.4 is 14.9 Å². The molecule has 0 aromatic heterocycles. The minimum absolute atomic E-state index is 0.0347. The van der Waals surface area contributed by atoms with Crippen molar-refractivity contribution in [3.05, 3.63) is 58.1 Å². The predicted molar refractivity (Wildman–Crippen MR) is 114 cm³/mol. The number of ether oxygens (including phenoxy) is 2. The molecule has 0 saturated heterocycles. The maximum absolute atomic E-state index is 12.3. The van der Waals surface area contributed by atoms with Crippen molar-refractivity contribution >= 4 is 34.0 Å². The Hall–Kier alpha value is -2.67. The van der Waals surface area contributed by atoms with Crippen LogP contribution in [0.5, 0.6) is 11.5 Å². The van der Waals surface area contributed by atoms with Gasteiger partial charge in [0.1, 0.15) is 0 Å². The first-order chi connectivity index (χ1) is 14.1. The Morgan fingerprint density at radius 2 is 1.90 bits per heavy atom. The molecule has 0 aliphatic heterocycles. The lowest BCUT2D eigenvalue weighted by Crippen LogP contribution is -2.28. The highest BCUT2D eigenvalue weighted by Crippen LogP contribution is 2.29. The molecule has 152 valence electrons. The highest BCUT2D eigenvalue weighted by atomic mass is 79.9. The molecule has 1 saturated carbocycles. The van der Waals surface area contributed by atoms with Crippen LogP contribution in [0.15, 0.2) is 52.0 Å². The zero-order valence-electron chi connectivity index (χ0n) is 16.2. The number of amides is 1. The van der Waals surface area contributed by atoms with Gasteiger partial charge in [-0.25, -0.2) is 10.2 Å². The van der Waals surface area contributed by atoms with Crippen LogP contribution in [-0.4, -0.2) is 25.2 Å². The molecule has 1 aliphatic carbocycles. The number of carbonyl (C=O) groups excluding carboxylic acids is 2. The van der Waals surface area contributed by atoms with Crippen LogP contribution in [0.25, 0.3) is 0 Å². The van der Waals surface area contributed by atoms with E-state index in [-0.39, 0.29) is 11.8 Å². The first-order valence-electron chi connectivity index (χ1n) is 9.55. The number of carbonyl (C=O) groups is 2. The number of hydrazone groups is 1. The largest absolute Gasteiger partial charge is 0.493 e. The van der Waals surface area contributed by atoms with Gasteiger partial charge in [0, 0.05) is 10.4 Å².